The number of nitrogens with zero attached hydrogens (tertiary/aromatic N) is 3. The van der Waals surface area contributed by atoms with E-state index >= 15 is 0 Å². The van der Waals surface area contributed by atoms with Crippen molar-refractivity contribution in [2.45, 2.75) is 18.5 Å². The van der Waals surface area contributed by atoms with Crippen LogP contribution in [0.4, 0.5) is 15.0 Å². The summed E-state index contributed by atoms with van der Waals surface area (Å²) in [4.78, 5) is 20.9. The van der Waals surface area contributed by atoms with Gasteiger partial charge in [0.25, 0.3) is 0 Å². The van der Waals surface area contributed by atoms with Gasteiger partial charge in [-0.3, -0.25) is 15.8 Å². The van der Waals surface area contributed by atoms with Crippen LogP contribution in [0.1, 0.15) is 17.0 Å². The Morgan fingerprint density at radius 3 is 3.07 bits per heavy atom. The summed E-state index contributed by atoms with van der Waals surface area (Å²) in [5.74, 6) is 1.53. The predicted molar refractivity (Wildman–Crippen MR) is 104 cm³/mol. The summed E-state index contributed by atoms with van der Waals surface area (Å²) in [6.07, 6.45) is 0. The van der Waals surface area contributed by atoms with Crippen molar-refractivity contribution in [2.75, 3.05) is 38.3 Å². The maximum Gasteiger partial charge on any atom is 0.326 e. The van der Waals surface area contributed by atoms with Gasteiger partial charge in [-0.2, -0.15) is 4.98 Å². The van der Waals surface area contributed by atoms with Gasteiger partial charge in [-0.1, -0.05) is 0 Å². The number of hydrogen-bond donors (Lipinski definition) is 2. The van der Waals surface area contributed by atoms with Crippen molar-refractivity contribution in [3.05, 3.63) is 47.3 Å². The molecule has 152 valence electrons. The number of carbonyl (C=O) groups excluding carboxylic acids is 1. The number of benzene rings is 1. The van der Waals surface area contributed by atoms with Crippen molar-refractivity contribution in [2.24, 2.45) is 0 Å². The Kier molecular flexibility index (Phi) is 4.48. The highest BCUT2D eigenvalue weighted by Crippen LogP contribution is 2.35. The molecule has 0 radical (unpaired) electrons. The standard InChI is InChI=1S/C20H22FN5O3/c1-28-14-7-12(6-13(21)8-14)10-25-4-5-26(20(25)27)18-3-2-15-16-9-22-24-17(16)11-29-19(15)23-18/h2-3,6-8,16-17,22,24H,4-5,9-11H2,1H3. The Labute approximate surface area is 167 Å². The minimum absolute atomic E-state index is 0.154. The smallest absolute Gasteiger partial charge is 0.326 e. The second kappa shape index (κ2) is 7.16. The van der Waals surface area contributed by atoms with E-state index in [1.54, 1.807) is 15.9 Å². The Morgan fingerprint density at radius 2 is 2.21 bits per heavy atom. The van der Waals surface area contributed by atoms with Gasteiger partial charge in [0.2, 0.25) is 5.88 Å². The summed E-state index contributed by atoms with van der Waals surface area (Å²) in [5, 5.41) is 0. The molecular weight excluding hydrogens is 377 g/mol. The zero-order valence-electron chi connectivity index (χ0n) is 16.0. The quantitative estimate of drug-likeness (QED) is 0.814. The molecule has 0 spiro atoms. The van der Waals surface area contributed by atoms with Crippen LogP contribution in [0.2, 0.25) is 0 Å². The Bertz CT molecular complexity index is 956. The molecule has 3 aliphatic rings. The molecule has 2 atom stereocenters. The molecule has 2 N–H and O–H groups in total. The van der Waals surface area contributed by atoms with Gasteiger partial charge in [0.1, 0.15) is 24.0 Å². The van der Waals surface area contributed by atoms with E-state index in [1.165, 1.54) is 19.2 Å². The second-order valence-electron chi connectivity index (χ2n) is 7.47. The molecule has 2 amide bonds. The van der Waals surface area contributed by atoms with Crippen LogP contribution in [0, 0.1) is 5.82 Å². The third-order valence-electron chi connectivity index (χ3n) is 5.68. The second-order valence-corrected chi connectivity index (χ2v) is 7.47. The number of ether oxygens (including phenoxy) is 2. The van der Waals surface area contributed by atoms with Crippen molar-refractivity contribution < 1.29 is 18.7 Å². The van der Waals surface area contributed by atoms with Crippen LogP contribution in [0.5, 0.6) is 11.6 Å². The van der Waals surface area contributed by atoms with Crippen molar-refractivity contribution >= 4 is 11.8 Å². The van der Waals surface area contributed by atoms with Crippen molar-refractivity contribution in [1.29, 1.82) is 0 Å². The van der Waals surface area contributed by atoms with Crippen molar-refractivity contribution in [3.63, 3.8) is 0 Å². The summed E-state index contributed by atoms with van der Waals surface area (Å²) in [6, 6.07) is 8.43. The van der Waals surface area contributed by atoms with Crippen molar-refractivity contribution in [3.8, 4) is 11.6 Å². The normalized spacial score (nSPS) is 23.0. The van der Waals surface area contributed by atoms with E-state index in [9.17, 15) is 9.18 Å². The molecule has 3 aliphatic heterocycles. The SMILES string of the molecule is COc1cc(F)cc(CN2CCN(c3ccc4c(n3)OCC3NNCC43)C2=O)c1. The monoisotopic (exact) mass is 399 g/mol. The summed E-state index contributed by atoms with van der Waals surface area (Å²) >= 11 is 0. The van der Waals surface area contributed by atoms with Crippen LogP contribution >= 0.6 is 0 Å². The van der Waals surface area contributed by atoms with Crippen LogP contribution in [0.25, 0.3) is 0 Å². The first-order valence-corrected chi connectivity index (χ1v) is 9.64. The van der Waals surface area contributed by atoms with E-state index < -0.39 is 0 Å². The molecule has 5 rings (SSSR count). The number of rotatable bonds is 4. The van der Waals surface area contributed by atoms with Crippen LogP contribution in [-0.4, -0.2) is 55.3 Å². The summed E-state index contributed by atoms with van der Waals surface area (Å²) < 4.78 is 24.7. The van der Waals surface area contributed by atoms with Crippen LogP contribution < -0.4 is 25.2 Å². The molecule has 2 saturated heterocycles. The highest BCUT2D eigenvalue weighted by molar-refractivity contribution is 5.93. The van der Waals surface area contributed by atoms with E-state index in [0.29, 0.717) is 55.2 Å². The number of hydrogen-bond acceptors (Lipinski definition) is 6. The average molecular weight is 399 g/mol. The summed E-state index contributed by atoms with van der Waals surface area (Å²) in [6.45, 7) is 2.74. The van der Waals surface area contributed by atoms with Crippen LogP contribution in [-0.2, 0) is 6.54 Å². The third-order valence-corrected chi connectivity index (χ3v) is 5.68. The van der Waals surface area contributed by atoms with Gasteiger partial charge in [0, 0.05) is 43.7 Å². The van der Waals surface area contributed by atoms with Crippen molar-refractivity contribution in [1.82, 2.24) is 20.7 Å². The maximum atomic E-state index is 13.8. The lowest BCUT2D eigenvalue weighted by Gasteiger charge is -2.27. The number of urea groups is 1. The number of halogens is 1. The molecule has 2 aromatic rings. The molecule has 9 heteroatoms. The first kappa shape index (κ1) is 18.1. The lowest BCUT2D eigenvalue weighted by atomic mass is 9.92. The molecule has 29 heavy (non-hydrogen) atoms. The Balaban J connectivity index is 1.33. The molecule has 8 nitrogen and oxygen atoms in total. The number of carbonyl (C=O) groups is 1. The number of pyridine rings is 1. The van der Waals surface area contributed by atoms with Gasteiger partial charge in [-0.15, -0.1) is 0 Å². The van der Waals surface area contributed by atoms with Gasteiger partial charge in [0.05, 0.1) is 13.2 Å². The fourth-order valence-corrected chi connectivity index (χ4v) is 4.18. The fraction of sp³-hybridized carbons (Fsp3) is 0.400. The van der Waals surface area contributed by atoms with Crippen LogP contribution in [0.15, 0.2) is 30.3 Å². The maximum absolute atomic E-state index is 13.8. The van der Waals surface area contributed by atoms with E-state index in [0.717, 1.165) is 12.1 Å². The van der Waals surface area contributed by atoms with Gasteiger partial charge in [-0.05, 0) is 29.8 Å². The largest absolute Gasteiger partial charge is 0.497 e. The number of amides is 2. The molecule has 0 saturated carbocycles. The van der Waals surface area contributed by atoms with E-state index in [-0.39, 0.29) is 17.9 Å². The van der Waals surface area contributed by atoms with E-state index in [4.69, 9.17) is 9.47 Å². The summed E-state index contributed by atoms with van der Waals surface area (Å²) in [5.41, 5.74) is 8.11. The van der Waals surface area contributed by atoms with Gasteiger partial charge >= 0.3 is 6.03 Å². The number of hydrazine groups is 1. The predicted octanol–water partition coefficient (Wildman–Crippen LogP) is 1.62. The lowest BCUT2D eigenvalue weighted by molar-refractivity contribution is 0.218. The highest BCUT2D eigenvalue weighted by Gasteiger charge is 2.37. The number of fused-ring (bicyclic) bond motifs is 3. The molecular formula is C20H22FN5O3. The van der Waals surface area contributed by atoms with Gasteiger partial charge < -0.3 is 14.4 Å². The zero-order valence-corrected chi connectivity index (χ0v) is 16.0. The number of nitrogens with one attached hydrogen (secondary N) is 2. The van der Waals surface area contributed by atoms with Crippen LogP contribution in [0.3, 0.4) is 0 Å². The summed E-state index contributed by atoms with van der Waals surface area (Å²) in [7, 11) is 1.49. The fourth-order valence-electron chi connectivity index (χ4n) is 4.18. The third kappa shape index (κ3) is 3.26. The Hall–Kier alpha value is -2.91. The molecule has 0 bridgehead atoms. The van der Waals surface area contributed by atoms with E-state index in [1.807, 2.05) is 12.1 Å². The van der Waals surface area contributed by atoms with Gasteiger partial charge in [0.15, 0.2) is 0 Å². The molecule has 2 unspecified atom stereocenters. The zero-order chi connectivity index (χ0) is 20.0. The number of aromatic nitrogens is 1. The number of anilines is 1. The minimum atomic E-state index is -0.384. The van der Waals surface area contributed by atoms with E-state index in [2.05, 4.69) is 15.8 Å². The molecule has 0 aliphatic carbocycles. The Morgan fingerprint density at radius 1 is 1.31 bits per heavy atom. The highest BCUT2D eigenvalue weighted by atomic mass is 19.1. The molecule has 2 fully saturated rings. The van der Waals surface area contributed by atoms with Gasteiger partial charge in [-0.25, -0.2) is 9.18 Å². The molecule has 1 aromatic carbocycles. The molecule has 4 heterocycles. The topological polar surface area (TPSA) is 79.0 Å². The first-order valence-electron chi connectivity index (χ1n) is 9.64. The minimum Gasteiger partial charge on any atom is -0.497 e. The average Bonchev–Trinajstić information content (AvgIpc) is 3.34. The lowest BCUT2D eigenvalue weighted by Crippen LogP contribution is -2.39. The first-order chi connectivity index (χ1) is 14.1. The molecule has 1 aromatic heterocycles. The number of methoxy groups -OCH3 is 1.